The summed E-state index contributed by atoms with van der Waals surface area (Å²) in [6.45, 7) is 5.61. The Labute approximate surface area is 235 Å². The van der Waals surface area contributed by atoms with Gasteiger partial charge in [0.15, 0.2) is 0 Å². The van der Waals surface area contributed by atoms with Gasteiger partial charge in [-0.3, -0.25) is 4.79 Å². The van der Waals surface area contributed by atoms with Gasteiger partial charge in [-0.2, -0.15) is 11.1 Å². The largest absolute Gasteiger partial charge is 0.459 e. The number of carbonyl (C=O) groups excluding carboxylic acids is 3. The first-order valence-corrected chi connectivity index (χ1v) is 13.5. The number of hydrogen-bond acceptors (Lipinski definition) is 8. The zero-order valence-electron chi connectivity index (χ0n) is 23.1. The van der Waals surface area contributed by atoms with Gasteiger partial charge in [0.1, 0.15) is 24.6 Å². The number of carbonyl (C=O) groups is 3. The number of benzene rings is 3. The summed E-state index contributed by atoms with van der Waals surface area (Å²) in [5, 5.41) is 0. The maximum Gasteiger partial charge on any atom is 0.329 e. The van der Waals surface area contributed by atoms with Crippen molar-refractivity contribution in [1.82, 2.24) is 26.8 Å². The van der Waals surface area contributed by atoms with Crippen LogP contribution in [-0.4, -0.2) is 28.6 Å². The van der Waals surface area contributed by atoms with Gasteiger partial charge in [-0.05, 0) is 40.7 Å². The molecule has 1 atom stereocenters. The number of ketones is 1. The number of ether oxygens (including phenoxy) is 1. The molecule has 0 bridgehead atoms. The second-order valence-corrected chi connectivity index (χ2v) is 10.3. The van der Waals surface area contributed by atoms with Gasteiger partial charge < -0.3 is 14.4 Å². The van der Waals surface area contributed by atoms with E-state index in [2.05, 4.69) is 28.0 Å². The second kappa shape index (κ2) is 14.0. The van der Waals surface area contributed by atoms with Crippen molar-refractivity contribution in [1.29, 1.82) is 0 Å². The molecule has 0 saturated carbocycles. The van der Waals surface area contributed by atoms with E-state index >= 15 is 0 Å². The van der Waals surface area contributed by atoms with Crippen LogP contribution in [0.25, 0.3) is 11.1 Å². The number of amides is 1. The van der Waals surface area contributed by atoms with E-state index in [1.54, 1.807) is 4.90 Å². The van der Waals surface area contributed by atoms with Crippen molar-refractivity contribution in [2.24, 2.45) is 5.92 Å². The summed E-state index contributed by atoms with van der Waals surface area (Å²) in [5.74, 6) is -0.970. The zero-order chi connectivity index (χ0) is 28.5. The summed E-state index contributed by atoms with van der Waals surface area (Å²) < 4.78 is 5.66. The molecule has 1 amide bonds. The number of rotatable bonds is 12. The van der Waals surface area contributed by atoms with Crippen molar-refractivity contribution >= 4 is 17.7 Å². The third kappa shape index (κ3) is 7.61. The Morgan fingerprint density at radius 3 is 2.12 bits per heavy atom. The lowest BCUT2D eigenvalue weighted by Crippen LogP contribution is -2.48. The molecule has 0 aromatic heterocycles. The summed E-state index contributed by atoms with van der Waals surface area (Å²) in [7, 11) is 0. The molecule has 0 spiro atoms. The summed E-state index contributed by atoms with van der Waals surface area (Å²) in [5.41, 5.74) is 16.8. The molecule has 0 aliphatic carbocycles. The van der Waals surface area contributed by atoms with Crippen LogP contribution in [0.2, 0.25) is 0 Å². The molecule has 4 rings (SSSR count). The maximum absolute atomic E-state index is 13.4. The predicted molar refractivity (Wildman–Crippen MR) is 152 cm³/mol. The minimum absolute atomic E-state index is 0.0411. The Bertz CT molecular complexity index is 1290. The van der Waals surface area contributed by atoms with Crippen LogP contribution in [0.5, 0.6) is 0 Å². The van der Waals surface area contributed by atoms with E-state index in [4.69, 9.17) is 4.74 Å². The molecule has 0 unspecified atom stereocenters. The molecule has 1 saturated heterocycles. The number of nitrogens with one attached hydrogen (secondary N) is 4. The number of hydrazine groups is 3. The van der Waals surface area contributed by atoms with Gasteiger partial charge in [0.05, 0.1) is 0 Å². The monoisotopic (exact) mass is 543 g/mol. The van der Waals surface area contributed by atoms with E-state index < -0.39 is 12.0 Å². The molecule has 3 aromatic carbocycles. The van der Waals surface area contributed by atoms with E-state index in [0.717, 1.165) is 27.8 Å². The normalized spacial score (nSPS) is 14.2. The highest BCUT2D eigenvalue weighted by Crippen LogP contribution is 2.28. The molecule has 1 aliphatic heterocycles. The molecule has 210 valence electrons. The number of Topliss-reactive ketones (excluding diaryl/α,β-unsaturated/α-hetero) is 1. The van der Waals surface area contributed by atoms with Crippen molar-refractivity contribution < 1.29 is 19.1 Å². The molecule has 0 radical (unpaired) electrons. The van der Waals surface area contributed by atoms with Gasteiger partial charge in [0.2, 0.25) is 5.91 Å². The van der Waals surface area contributed by atoms with Gasteiger partial charge >= 0.3 is 5.97 Å². The van der Waals surface area contributed by atoms with Crippen molar-refractivity contribution in [3.8, 4) is 11.1 Å². The van der Waals surface area contributed by atoms with Gasteiger partial charge in [0, 0.05) is 19.4 Å². The predicted octanol–water partition coefficient (Wildman–Crippen LogP) is 3.94. The highest BCUT2D eigenvalue weighted by atomic mass is 16.5. The van der Waals surface area contributed by atoms with E-state index in [1.807, 2.05) is 86.6 Å². The van der Waals surface area contributed by atoms with E-state index in [-0.39, 0.29) is 49.8 Å². The average molecular weight is 544 g/mol. The topological polar surface area (TPSA) is 112 Å². The molecule has 9 nitrogen and oxygen atoms in total. The van der Waals surface area contributed by atoms with Crippen LogP contribution in [-0.2, 0) is 32.3 Å². The molecule has 9 heteroatoms. The van der Waals surface area contributed by atoms with Gasteiger partial charge in [-0.25, -0.2) is 15.6 Å². The maximum atomic E-state index is 13.4. The molecule has 1 heterocycles. The fourth-order valence-electron chi connectivity index (χ4n) is 4.75. The molecule has 4 N–H and O–H groups in total. The van der Waals surface area contributed by atoms with Crippen LogP contribution in [0.1, 0.15) is 56.5 Å². The first kappa shape index (κ1) is 29.1. The number of hydrogen-bond donors (Lipinski definition) is 4. The first-order chi connectivity index (χ1) is 19.3. The van der Waals surface area contributed by atoms with Crippen LogP contribution >= 0.6 is 0 Å². The van der Waals surface area contributed by atoms with Crippen LogP contribution < -0.4 is 21.9 Å². The Balaban J connectivity index is 1.55. The van der Waals surface area contributed by atoms with Crippen molar-refractivity contribution in [2.45, 2.75) is 59.0 Å². The number of nitrogens with zero attached hydrogens (tertiary/aromatic N) is 1. The Morgan fingerprint density at radius 2 is 1.48 bits per heavy atom. The first-order valence-electron chi connectivity index (χ1n) is 13.5. The zero-order valence-corrected chi connectivity index (χ0v) is 23.1. The molecular formula is C31H37N5O4. The number of esters is 1. The lowest BCUT2D eigenvalue weighted by molar-refractivity contribution is -0.159. The summed E-state index contributed by atoms with van der Waals surface area (Å²) >= 11 is 0. The van der Waals surface area contributed by atoms with E-state index in [1.165, 1.54) is 6.92 Å². The van der Waals surface area contributed by atoms with E-state index in [9.17, 15) is 14.4 Å². The SMILES string of the molecule is CC(=O)CCC(=O)N(Cc1ccc(-c2ccccc2C2NNNN2)cc1)[C@H](C(=O)OCc1ccccc1)C(C)C. The standard InChI is InChI=1S/C31H37N5O4/c1-21(2)29(31(39)40-20-24-9-5-4-6-10-24)36(28(38)18-13-22(3)37)19-23-14-16-25(17-15-23)26-11-7-8-12-27(26)30-32-34-35-33-30/h4-12,14-17,21,29-30,32-35H,13,18-20H2,1-3H3/t29-/m0/s1. The molecular weight excluding hydrogens is 506 g/mol. The highest BCUT2D eigenvalue weighted by Gasteiger charge is 2.34. The quantitative estimate of drug-likeness (QED) is 0.254. The van der Waals surface area contributed by atoms with Crippen LogP contribution in [0.3, 0.4) is 0 Å². The summed E-state index contributed by atoms with van der Waals surface area (Å²) in [4.78, 5) is 39.9. The lowest BCUT2D eigenvalue weighted by atomic mass is 9.96. The minimum Gasteiger partial charge on any atom is -0.459 e. The highest BCUT2D eigenvalue weighted by molar-refractivity contribution is 5.87. The summed E-state index contributed by atoms with van der Waals surface area (Å²) in [6.07, 6.45) is 0.0559. The third-order valence-electron chi connectivity index (χ3n) is 6.83. The Morgan fingerprint density at radius 1 is 0.825 bits per heavy atom. The van der Waals surface area contributed by atoms with Gasteiger partial charge in [0.25, 0.3) is 0 Å². The van der Waals surface area contributed by atoms with Gasteiger partial charge in [-0.1, -0.05) is 92.7 Å². The Hall–Kier alpha value is -3.89. The molecule has 1 aliphatic rings. The fourth-order valence-corrected chi connectivity index (χ4v) is 4.75. The average Bonchev–Trinajstić information content (AvgIpc) is 3.50. The van der Waals surface area contributed by atoms with Crippen LogP contribution in [0.4, 0.5) is 0 Å². The molecule has 40 heavy (non-hydrogen) atoms. The third-order valence-corrected chi connectivity index (χ3v) is 6.83. The fraction of sp³-hybridized carbons (Fsp3) is 0.323. The van der Waals surface area contributed by atoms with Crippen LogP contribution in [0.15, 0.2) is 78.9 Å². The second-order valence-electron chi connectivity index (χ2n) is 10.3. The Kier molecular flexibility index (Phi) is 10.2. The van der Waals surface area contributed by atoms with Crippen molar-refractivity contribution in [3.05, 3.63) is 95.6 Å². The van der Waals surface area contributed by atoms with Crippen molar-refractivity contribution in [3.63, 3.8) is 0 Å². The lowest BCUT2D eigenvalue weighted by Gasteiger charge is -2.33. The van der Waals surface area contributed by atoms with Crippen molar-refractivity contribution in [2.75, 3.05) is 0 Å². The smallest absolute Gasteiger partial charge is 0.329 e. The minimum atomic E-state index is -0.789. The molecule has 1 fully saturated rings. The molecule has 3 aromatic rings. The van der Waals surface area contributed by atoms with Crippen LogP contribution in [0, 0.1) is 5.92 Å². The van der Waals surface area contributed by atoms with Gasteiger partial charge in [-0.15, -0.1) is 0 Å². The van der Waals surface area contributed by atoms with E-state index in [0.29, 0.717) is 0 Å². The summed E-state index contributed by atoms with van der Waals surface area (Å²) in [6, 6.07) is 24.7.